The van der Waals surface area contributed by atoms with Gasteiger partial charge in [-0.25, -0.2) is 6.57 Å². The second-order valence-electron chi connectivity index (χ2n) is 1.36. The molecule has 9 heavy (non-hydrogen) atoms. The third kappa shape index (κ3) is 3.30. The third-order valence-electron chi connectivity index (χ3n) is 0.616. The molecule has 0 aliphatic rings. The van der Waals surface area contributed by atoms with Gasteiger partial charge in [0.25, 0.3) is 0 Å². The molecule has 0 aromatic heterocycles. The van der Waals surface area contributed by atoms with E-state index < -0.39 is 12.2 Å². The van der Waals surface area contributed by atoms with E-state index in [9.17, 15) is 4.79 Å². The van der Waals surface area contributed by atoms with E-state index in [1.165, 1.54) is 13.0 Å². The Morgan fingerprint density at radius 1 is 2.00 bits per heavy atom. The van der Waals surface area contributed by atoms with E-state index >= 15 is 0 Å². The summed E-state index contributed by atoms with van der Waals surface area (Å²) in [7, 11) is 0. The van der Waals surface area contributed by atoms with Crippen LogP contribution in [0.1, 0.15) is 6.92 Å². The summed E-state index contributed by atoms with van der Waals surface area (Å²) >= 11 is 0. The molecule has 0 aliphatic carbocycles. The van der Waals surface area contributed by atoms with Crippen LogP contribution in [0.25, 0.3) is 4.85 Å². The molecule has 0 N–H and O–H groups in total. The zero-order valence-electron chi connectivity index (χ0n) is 5.13. The number of hydrogen-bond acceptors (Lipinski definition) is 2. The van der Waals surface area contributed by atoms with Crippen LogP contribution in [-0.4, -0.2) is 12.2 Å². The maximum atomic E-state index is 10.2. The highest BCUT2D eigenvalue weighted by Crippen LogP contribution is 1.93. The van der Waals surface area contributed by atoms with Gasteiger partial charge >= 0.3 is 12.2 Å². The Bertz CT molecular complexity index is 157. The van der Waals surface area contributed by atoms with Crippen molar-refractivity contribution in [3.63, 3.8) is 0 Å². The summed E-state index contributed by atoms with van der Waals surface area (Å²) in [5.74, 6) is -0.462. The molecule has 0 aliphatic heterocycles. The molecule has 3 nitrogen and oxygen atoms in total. The van der Waals surface area contributed by atoms with Crippen LogP contribution in [0.5, 0.6) is 0 Å². The van der Waals surface area contributed by atoms with Gasteiger partial charge in [-0.3, -0.25) is 9.64 Å². The molecule has 0 saturated heterocycles. The average Bonchev–Trinajstić information content (AvgIpc) is 1.82. The SMILES string of the molecule is [C-]#[N+]C(C=C)OC(C)=O. The Labute approximate surface area is 53.8 Å². The quantitative estimate of drug-likeness (QED) is 0.313. The minimum Gasteiger partial charge on any atom is -0.388 e. The van der Waals surface area contributed by atoms with Gasteiger partial charge in [0.05, 0.1) is 0 Å². The zero-order valence-corrected chi connectivity index (χ0v) is 5.13. The van der Waals surface area contributed by atoms with E-state index in [1.807, 2.05) is 0 Å². The molecule has 0 amide bonds. The van der Waals surface area contributed by atoms with Crippen molar-refractivity contribution in [2.45, 2.75) is 13.2 Å². The standard InChI is InChI=1S/C6H7NO2/c1-4-6(7-3)9-5(2)8/h4,6H,1H2,2H3. The molecule has 0 heterocycles. The summed E-state index contributed by atoms with van der Waals surface area (Å²) in [5, 5.41) is 0. The topological polar surface area (TPSA) is 30.7 Å². The van der Waals surface area contributed by atoms with E-state index in [0.717, 1.165) is 0 Å². The summed E-state index contributed by atoms with van der Waals surface area (Å²) in [6.07, 6.45) is 0.455. The number of carbonyl (C=O) groups is 1. The Morgan fingerprint density at radius 2 is 2.56 bits per heavy atom. The van der Waals surface area contributed by atoms with Crippen LogP contribution in [0, 0.1) is 6.57 Å². The van der Waals surface area contributed by atoms with Gasteiger partial charge in [0.2, 0.25) is 0 Å². The predicted octanol–water partition coefficient (Wildman–Crippen LogP) is 0.981. The third-order valence-corrected chi connectivity index (χ3v) is 0.616. The average molecular weight is 125 g/mol. The minimum atomic E-state index is -0.817. The number of esters is 1. The van der Waals surface area contributed by atoms with Gasteiger partial charge in [-0.2, -0.15) is 0 Å². The van der Waals surface area contributed by atoms with Crippen LogP contribution in [0.3, 0.4) is 0 Å². The molecule has 1 unspecified atom stereocenters. The lowest BCUT2D eigenvalue weighted by Gasteiger charge is -1.96. The molecule has 0 bridgehead atoms. The van der Waals surface area contributed by atoms with Crippen molar-refractivity contribution in [3.8, 4) is 0 Å². The number of ether oxygens (including phenoxy) is 1. The molecule has 0 spiro atoms. The highest BCUT2D eigenvalue weighted by Gasteiger charge is 2.07. The molecule has 0 saturated carbocycles. The molecule has 0 rings (SSSR count). The van der Waals surface area contributed by atoms with Crippen LogP contribution < -0.4 is 0 Å². The number of hydrogen-bond donors (Lipinski definition) is 0. The maximum absolute atomic E-state index is 10.2. The highest BCUT2D eigenvalue weighted by molar-refractivity contribution is 5.66. The van der Waals surface area contributed by atoms with Crippen LogP contribution in [0.4, 0.5) is 0 Å². The van der Waals surface area contributed by atoms with E-state index in [1.54, 1.807) is 0 Å². The van der Waals surface area contributed by atoms with E-state index in [2.05, 4.69) is 16.2 Å². The van der Waals surface area contributed by atoms with Gasteiger partial charge in [0.15, 0.2) is 0 Å². The summed E-state index contributed by atoms with van der Waals surface area (Å²) in [6, 6.07) is 0. The number of carbonyl (C=O) groups excluding carboxylic acids is 1. The normalized spacial score (nSPS) is 11.1. The molecule has 0 aromatic rings. The van der Waals surface area contributed by atoms with Gasteiger partial charge in [-0.05, 0) is 0 Å². The lowest BCUT2D eigenvalue weighted by molar-refractivity contribution is -0.142. The number of nitrogens with zero attached hydrogens (tertiary/aromatic N) is 1. The summed E-state index contributed by atoms with van der Waals surface area (Å²) in [5.41, 5.74) is 0. The van der Waals surface area contributed by atoms with Gasteiger partial charge in [0.1, 0.15) is 0 Å². The fourth-order valence-corrected chi connectivity index (χ4v) is 0.297. The van der Waals surface area contributed by atoms with Crippen molar-refractivity contribution in [2.75, 3.05) is 0 Å². The summed E-state index contributed by atoms with van der Waals surface area (Å²) < 4.78 is 4.44. The fourth-order valence-electron chi connectivity index (χ4n) is 0.297. The molecular formula is C6H7NO2. The summed E-state index contributed by atoms with van der Waals surface area (Å²) in [4.78, 5) is 13.1. The van der Waals surface area contributed by atoms with Crippen LogP contribution in [0.2, 0.25) is 0 Å². The zero-order chi connectivity index (χ0) is 7.28. The van der Waals surface area contributed by atoms with Crippen molar-refractivity contribution < 1.29 is 9.53 Å². The van der Waals surface area contributed by atoms with Crippen molar-refractivity contribution in [2.24, 2.45) is 0 Å². The Hall–Kier alpha value is -1.30. The van der Waals surface area contributed by atoms with Gasteiger partial charge in [-0.15, -0.1) is 0 Å². The van der Waals surface area contributed by atoms with Crippen molar-refractivity contribution in [1.29, 1.82) is 0 Å². The molecule has 48 valence electrons. The molecule has 0 fully saturated rings. The smallest absolute Gasteiger partial charge is 0.388 e. The van der Waals surface area contributed by atoms with Gasteiger partial charge in [0, 0.05) is 13.0 Å². The van der Waals surface area contributed by atoms with Gasteiger partial charge < -0.3 is 4.74 Å². The van der Waals surface area contributed by atoms with Crippen molar-refractivity contribution in [3.05, 3.63) is 24.1 Å². The number of rotatable bonds is 2. The van der Waals surface area contributed by atoms with E-state index in [4.69, 9.17) is 6.57 Å². The molecular weight excluding hydrogens is 118 g/mol. The predicted molar refractivity (Wildman–Crippen MR) is 32.4 cm³/mol. The first-order valence-corrected chi connectivity index (χ1v) is 2.37. The largest absolute Gasteiger partial charge is 0.388 e. The summed E-state index contributed by atoms with van der Waals surface area (Å²) in [6.45, 7) is 11.0. The lowest BCUT2D eigenvalue weighted by atomic mass is 10.6. The van der Waals surface area contributed by atoms with Crippen LogP contribution in [-0.2, 0) is 9.53 Å². The highest BCUT2D eigenvalue weighted by atomic mass is 16.5. The van der Waals surface area contributed by atoms with E-state index in [-0.39, 0.29) is 0 Å². The molecule has 3 heteroatoms. The molecule has 0 radical (unpaired) electrons. The van der Waals surface area contributed by atoms with E-state index in [0.29, 0.717) is 0 Å². The molecule has 1 atom stereocenters. The first-order chi connectivity index (χ1) is 4.20. The Morgan fingerprint density at radius 3 is 2.67 bits per heavy atom. The minimum absolute atomic E-state index is 0.462. The van der Waals surface area contributed by atoms with Crippen LogP contribution >= 0.6 is 0 Å². The second kappa shape index (κ2) is 3.67. The maximum Gasteiger partial charge on any atom is 0.388 e. The van der Waals surface area contributed by atoms with Crippen molar-refractivity contribution >= 4 is 5.97 Å². The first-order valence-electron chi connectivity index (χ1n) is 2.37. The fraction of sp³-hybridized carbons (Fsp3) is 0.333. The van der Waals surface area contributed by atoms with Crippen molar-refractivity contribution in [1.82, 2.24) is 0 Å². The molecule has 0 aromatic carbocycles. The Kier molecular flexibility index (Phi) is 3.14. The first kappa shape index (κ1) is 7.70. The lowest BCUT2D eigenvalue weighted by Crippen LogP contribution is -2.07. The van der Waals surface area contributed by atoms with Crippen LogP contribution in [0.15, 0.2) is 12.7 Å². The second-order valence-corrected chi connectivity index (χ2v) is 1.36. The van der Waals surface area contributed by atoms with Gasteiger partial charge in [-0.1, -0.05) is 6.58 Å². The monoisotopic (exact) mass is 125 g/mol. The Balaban J connectivity index is 3.73.